The Labute approximate surface area is 79.8 Å². The van der Waals surface area contributed by atoms with Gasteiger partial charge in [-0.1, -0.05) is 0 Å². The lowest BCUT2D eigenvalue weighted by Gasteiger charge is -2.07. The Hall–Kier alpha value is -1.62. The van der Waals surface area contributed by atoms with Gasteiger partial charge in [-0.15, -0.1) is 0 Å². The summed E-state index contributed by atoms with van der Waals surface area (Å²) in [6.07, 6.45) is -0.143. The molecule has 0 aliphatic rings. The number of carboxylic acids is 1. The third-order valence-corrected chi connectivity index (χ3v) is 1.79. The zero-order valence-corrected chi connectivity index (χ0v) is 7.27. The Balaban J connectivity index is 2.85. The van der Waals surface area contributed by atoms with Crippen molar-refractivity contribution >= 4 is 5.97 Å². The molecule has 0 heterocycles. The van der Waals surface area contributed by atoms with Crippen LogP contribution in [0.1, 0.15) is 5.56 Å². The summed E-state index contributed by atoms with van der Waals surface area (Å²) in [5.74, 6) is -1.88. The Morgan fingerprint density at radius 2 is 2.21 bits per heavy atom. The van der Waals surface area contributed by atoms with Crippen LogP contribution in [0, 0.1) is 5.82 Å². The predicted molar refractivity (Wildman–Crippen MR) is 47.4 cm³/mol. The van der Waals surface area contributed by atoms with Crippen LogP contribution in [0.25, 0.3) is 0 Å². The van der Waals surface area contributed by atoms with Gasteiger partial charge in [0.25, 0.3) is 0 Å². The summed E-state index contributed by atoms with van der Waals surface area (Å²) in [4.78, 5) is 10.4. The molecule has 0 bridgehead atoms. The molecule has 1 aromatic rings. The fourth-order valence-electron chi connectivity index (χ4n) is 1.04. The van der Waals surface area contributed by atoms with Gasteiger partial charge in [-0.05, 0) is 23.8 Å². The lowest BCUT2D eigenvalue weighted by molar-refractivity contribution is -0.138. The highest BCUT2D eigenvalue weighted by molar-refractivity contribution is 5.73. The van der Waals surface area contributed by atoms with E-state index in [1.165, 1.54) is 6.07 Å². The van der Waals surface area contributed by atoms with Crippen LogP contribution in [0.3, 0.4) is 0 Å². The standard InChI is InChI=1S/C9H10FNO3/c10-7-2-1-6(12)3-5(7)4-8(11)9(13)14/h1-3,8,12H,4,11H2,(H,13,14)/t8-/m0/s1/i10-1. The van der Waals surface area contributed by atoms with Gasteiger partial charge < -0.3 is 15.9 Å². The first-order chi connectivity index (χ1) is 6.50. The molecule has 0 aliphatic heterocycles. The number of nitrogens with two attached hydrogens (primary N) is 1. The van der Waals surface area contributed by atoms with Gasteiger partial charge in [0.15, 0.2) is 0 Å². The number of carbonyl (C=O) groups is 1. The molecule has 76 valence electrons. The number of aromatic hydroxyl groups is 1. The van der Waals surface area contributed by atoms with Crippen LogP contribution < -0.4 is 5.73 Å². The lowest BCUT2D eigenvalue weighted by Crippen LogP contribution is -2.32. The second-order valence-electron chi connectivity index (χ2n) is 2.92. The summed E-state index contributed by atoms with van der Waals surface area (Å²) in [6.45, 7) is 0. The molecular formula is C9H10FNO3. The van der Waals surface area contributed by atoms with Gasteiger partial charge in [-0.2, -0.15) is 0 Å². The Morgan fingerprint density at radius 3 is 2.79 bits per heavy atom. The number of carboxylic acid groups (broad SMARTS) is 1. The molecule has 0 saturated heterocycles. The zero-order valence-electron chi connectivity index (χ0n) is 7.27. The Kier molecular flexibility index (Phi) is 3.03. The van der Waals surface area contributed by atoms with Crippen molar-refractivity contribution in [3.8, 4) is 5.75 Å². The number of aliphatic carboxylic acids is 1. The molecule has 1 rings (SSSR count). The van der Waals surface area contributed by atoms with E-state index in [1.54, 1.807) is 0 Å². The quantitative estimate of drug-likeness (QED) is 0.659. The minimum atomic E-state index is -1.20. The van der Waals surface area contributed by atoms with Crippen molar-refractivity contribution in [3.05, 3.63) is 29.6 Å². The molecule has 0 unspecified atom stereocenters. The van der Waals surface area contributed by atoms with Crippen molar-refractivity contribution in [3.63, 3.8) is 0 Å². The summed E-state index contributed by atoms with van der Waals surface area (Å²) >= 11 is 0. The van der Waals surface area contributed by atoms with Gasteiger partial charge in [0.2, 0.25) is 0 Å². The highest BCUT2D eigenvalue weighted by Crippen LogP contribution is 2.16. The normalized spacial score (nSPS) is 12.4. The van der Waals surface area contributed by atoms with Gasteiger partial charge in [0.05, 0.1) is 0 Å². The number of hydrogen-bond donors (Lipinski definition) is 3. The maximum atomic E-state index is 13.0. The van der Waals surface area contributed by atoms with Crippen LogP contribution >= 0.6 is 0 Å². The van der Waals surface area contributed by atoms with E-state index in [1.807, 2.05) is 0 Å². The molecule has 5 heteroatoms. The molecule has 0 radical (unpaired) electrons. The van der Waals surface area contributed by atoms with E-state index in [9.17, 15) is 9.18 Å². The highest BCUT2D eigenvalue weighted by Gasteiger charge is 2.14. The molecule has 0 amide bonds. The monoisotopic (exact) mass is 198 g/mol. The fraction of sp³-hybridized carbons (Fsp3) is 0.222. The second-order valence-corrected chi connectivity index (χ2v) is 2.92. The first kappa shape index (κ1) is 10.5. The summed E-state index contributed by atoms with van der Waals surface area (Å²) in [5.41, 5.74) is 5.32. The van der Waals surface area contributed by atoms with Gasteiger partial charge in [-0.3, -0.25) is 4.79 Å². The molecule has 4 N–H and O–H groups in total. The number of phenolic OH excluding ortho intramolecular Hbond substituents is 1. The predicted octanol–water partition coefficient (Wildman–Crippen LogP) is 0.486. The van der Waals surface area contributed by atoms with E-state index < -0.39 is 17.8 Å². The number of hydrogen-bond acceptors (Lipinski definition) is 3. The summed E-state index contributed by atoms with van der Waals surface area (Å²) in [6, 6.07) is 2.26. The topological polar surface area (TPSA) is 83.5 Å². The molecule has 0 fully saturated rings. The van der Waals surface area contributed by atoms with Crippen molar-refractivity contribution < 1.29 is 19.4 Å². The van der Waals surface area contributed by atoms with Crippen LogP contribution in [-0.2, 0) is 11.2 Å². The average Bonchev–Trinajstić information content (AvgIpc) is 2.11. The Morgan fingerprint density at radius 1 is 1.57 bits per heavy atom. The third-order valence-electron chi connectivity index (χ3n) is 1.79. The van der Waals surface area contributed by atoms with Gasteiger partial charge in [0, 0.05) is 6.42 Å². The zero-order chi connectivity index (χ0) is 10.7. The molecule has 0 saturated carbocycles. The minimum Gasteiger partial charge on any atom is -0.508 e. The molecule has 14 heavy (non-hydrogen) atoms. The van der Waals surface area contributed by atoms with E-state index in [4.69, 9.17) is 15.9 Å². The van der Waals surface area contributed by atoms with Gasteiger partial charge >= 0.3 is 5.97 Å². The molecule has 1 atom stereocenters. The van der Waals surface area contributed by atoms with Crippen molar-refractivity contribution in [2.75, 3.05) is 0 Å². The molecule has 0 aromatic heterocycles. The van der Waals surface area contributed by atoms with Crippen molar-refractivity contribution in [2.45, 2.75) is 12.5 Å². The maximum absolute atomic E-state index is 13.0. The molecule has 4 nitrogen and oxygen atoms in total. The molecule has 1 aromatic carbocycles. The largest absolute Gasteiger partial charge is 0.508 e. The highest BCUT2D eigenvalue weighted by atomic mass is 18.2. The lowest BCUT2D eigenvalue weighted by atomic mass is 10.1. The van der Waals surface area contributed by atoms with Crippen LogP contribution in [0.15, 0.2) is 18.2 Å². The van der Waals surface area contributed by atoms with E-state index >= 15 is 0 Å². The van der Waals surface area contributed by atoms with Gasteiger partial charge in [-0.25, -0.2) is 4.39 Å². The summed E-state index contributed by atoms with van der Waals surface area (Å²) < 4.78 is 13.0. The number of phenols is 1. The van der Waals surface area contributed by atoms with E-state index in [0.29, 0.717) is 0 Å². The van der Waals surface area contributed by atoms with Crippen LogP contribution in [0.2, 0.25) is 0 Å². The van der Waals surface area contributed by atoms with Gasteiger partial charge in [0.1, 0.15) is 17.6 Å². The van der Waals surface area contributed by atoms with E-state index in [0.717, 1.165) is 12.1 Å². The van der Waals surface area contributed by atoms with Crippen LogP contribution in [0.4, 0.5) is 4.39 Å². The summed E-state index contributed by atoms with van der Waals surface area (Å²) in [7, 11) is 0. The summed E-state index contributed by atoms with van der Waals surface area (Å²) in [5, 5.41) is 17.5. The number of halogens is 1. The molecule has 0 aliphatic carbocycles. The Bertz CT molecular complexity index is 354. The maximum Gasteiger partial charge on any atom is 0.320 e. The van der Waals surface area contributed by atoms with E-state index in [-0.39, 0.29) is 17.7 Å². The van der Waals surface area contributed by atoms with E-state index in [2.05, 4.69) is 0 Å². The SMILES string of the molecule is N[C@@H](Cc1cc(O)ccc1[18F])C(=O)O. The van der Waals surface area contributed by atoms with Crippen molar-refractivity contribution in [1.82, 2.24) is 0 Å². The van der Waals surface area contributed by atoms with Crippen LogP contribution in [0.5, 0.6) is 5.75 Å². The molecule has 0 spiro atoms. The third kappa shape index (κ3) is 2.43. The number of rotatable bonds is 3. The molecular weight excluding hydrogens is 188 g/mol. The first-order valence-electron chi connectivity index (χ1n) is 3.96. The van der Waals surface area contributed by atoms with Crippen molar-refractivity contribution in [2.24, 2.45) is 5.73 Å². The minimum absolute atomic E-state index is 0.0971. The average molecular weight is 198 g/mol. The van der Waals surface area contributed by atoms with Crippen molar-refractivity contribution in [1.29, 1.82) is 0 Å². The fourth-order valence-corrected chi connectivity index (χ4v) is 1.04. The van der Waals surface area contributed by atoms with Crippen LogP contribution in [-0.4, -0.2) is 22.2 Å². The number of benzene rings is 1. The smallest absolute Gasteiger partial charge is 0.320 e. The first-order valence-corrected chi connectivity index (χ1v) is 3.96. The second kappa shape index (κ2) is 4.06.